The van der Waals surface area contributed by atoms with Crippen LogP contribution in [0.2, 0.25) is 5.02 Å². The Kier molecular flexibility index (Phi) is 7.43. The van der Waals surface area contributed by atoms with Crippen LogP contribution in [0, 0.1) is 6.92 Å². The lowest BCUT2D eigenvalue weighted by molar-refractivity contribution is -0.140. The first-order chi connectivity index (χ1) is 12.8. The molecule has 0 saturated carbocycles. The van der Waals surface area contributed by atoms with Crippen LogP contribution in [0.1, 0.15) is 37.5 Å². The number of nitrogens with one attached hydrogen (secondary N) is 1. The van der Waals surface area contributed by atoms with E-state index in [1.54, 1.807) is 24.0 Å². The standard InChI is InChI=1S/C22H27ClN2O2/c1-15(2)24-22(27)17(4)25(14-19-10-6-5-8-16(19)3)21(26)13-18-9-7-11-20(23)12-18/h5-12,15,17H,13-14H2,1-4H3,(H,24,27). The molecule has 0 fully saturated rings. The van der Waals surface area contributed by atoms with Crippen LogP contribution in [0.3, 0.4) is 0 Å². The normalized spacial score (nSPS) is 11.9. The van der Waals surface area contributed by atoms with Crippen molar-refractivity contribution in [3.05, 3.63) is 70.2 Å². The van der Waals surface area contributed by atoms with Crippen LogP contribution in [0.15, 0.2) is 48.5 Å². The minimum atomic E-state index is -0.571. The molecule has 0 spiro atoms. The highest BCUT2D eigenvalue weighted by atomic mass is 35.5. The molecule has 0 radical (unpaired) electrons. The van der Waals surface area contributed by atoms with Gasteiger partial charge in [-0.2, -0.15) is 0 Å². The molecule has 1 atom stereocenters. The summed E-state index contributed by atoms with van der Waals surface area (Å²) in [4.78, 5) is 27.3. The van der Waals surface area contributed by atoms with E-state index in [-0.39, 0.29) is 24.3 Å². The molecule has 0 aliphatic carbocycles. The molecular formula is C22H27ClN2O2. The van der Waals surface area contributed by atoms with Crippen molar-refractivity contribution in [2.45, 2.75) is 52.7 Å². The van der Waals surface area contributed by atoms with E-state index >= 15 is 0 Å². The van der Waals surface area contributed by atoms with Gasteiger partial charge in [0.15, 0.2) is 0 Å². The molecule has 0 saturated heterocycles. The Morgan fingerprint density at radius 3 is 2.41 bits per heavy atom. The SMILES string of the molecule is Cc1ccccc1CN(C(=O)Cc1cccc(Cl)c1)C(C)C(=O)NC(C)C. The molecule has 144 valence electrons. The van der Waals surface area contributed by atoms with Gasteiger partial charge in [-0.25, -0.2) is 0 Å². The average Bonchev–Trinajstić information content (AvgIpc) is 2.59. The highest BCUT2D eigenvalue weighted by molar-refractivity contribution is 6.30. The summed E-state index contributed by atoms with van der Waals surface area (Å²) in [6.07, 6.45) is 0.200. The first kappa shape index (κ1) is 21.0. The fourth-order valence-electron chi connectivity index (χ4n) is 2.88. The molecule has 0 aromatic heterocycles. The van der Waals surface area contributed by atoms with E-state index in [1.807, 2.05) is 57.2 Å². The smallest absolute Gasteiger partial charge is 0.242 e. The molecule has 2 rings (SSSR count). The summed E-state index contributed by atoms with van der Waals surface area (Å²) in [5, 5.41) is 3.49. The number of amides is 2. The van der Waals surface area contributed by atoms with Crippen molar-refractivity contribution < 1.29 is 9.59 Å². The predicted molar refractivity (Wildman–Crippen MR) is 110 cm³/mol. The number of nitrogens with zero attached hydrogens (tertiary/aromatic N) is 1. The molecule has 5 heteroatoms. The summed E-state index contributed by atoms with van der Waals surface area (Å²) in [6, 6.07) is 14.6. The Hall–Kier alpha value is -2.33. The second-order valence-corrected chi connectivity index (χ2v) is 7.53. The third-order valence-electron chi connectivity index (χ3n) is 4.44. The van der Waals surface area contributed by atoms with E-state index in [1.165, 1.54) is 0 Å². The van der Waals surface area contributed by atoms with E-state index in [0.717, 1.165) is 16.7 Å². The number of carbonyl (C=O) groups is 2. The third-order valence-corrected chi connectivity index (χ3v) is 4.68. The number of aryl methyl sites for hydroxylation is 1. The summed E-state index contributed by atoms with van der Waals surface area (Å²) in [5.74, 6) is -0.259. The number of carbonyl (C=O) groups excluding carboxylic acids is 2. The summed E-state index contributed by atoms with van der Waals surface area (Å²) in [7, 11) is 0. The van der Waals surface area contributed by atoms with Gasteiger partial charge in [-0.3, -0.25) is 9.59 Å². The molecule has 2 aromatic carbocycles. The molecule has 0 aliphatic heterocycles. The van der Waals surface area contributed by atoms with Crippen molar-refractivity contribution in [2.75, 3.05) is 0 Å². The van der Waals surface area contributed by atoms with Gasteiger partial charge in [0, 0.05) is 17.6 Å². The van der Waals surface area contributed by atoms with Gasteiger partial charge >= 0.3 is 0 Å². The molecule has 27 heavy (non-hydrogen) atoms. The third kappa shape index (κ3) is 6.10. The molecule has 0 heterocycles. The van der Waals surface area contributed by atoms with Crippen LogP contribution in [0.4, 0.5) is 0 Å². The first-order valence-corrected chi connectivity index (χ1v) is 9.54. The maximum absolute atomic E-state index is 13.1. The number of halogens is 1. The lowest BCUT2D eigenvalue weighted by Crippen LogP contribution is -2.49. The van der Waals surface area contributed by atoms with Crippen molar-refractivity contribution in [3.8, 4) is 0 Å². The zero-order valence-corrected chi connectivity index (χ0v) is 17.1. The minimum Gasteiger partial charge on any atom is -0.352 e. The predicted octanol–water partition coefficient (Wildman–Crippen LogP) is 4.13. The molecule has 1 N–H and O–H groups in total. The molecule has 1 unspecified atom stereocenters. The maximum atomic E-state index is 13.1. The maximum Gasteiger partial charge on any atom is 0.242 e. The van der Waals surface area contributed by atoms with Crippen molar-refractivity contribution in [1.29, 1.82) is 0 Å². The lowest BCUT2D eigenvalue weighted by Gasteiger charge is -2.30. The van der Waals surface area contributed by atoms with Crippen LogP contribution in [-0.4, -0.2) is 28.8 Å². The summed E-state index contributed by atoms with van der Waals surface area (Å²) in [6.45, 7) is 7.98. The number of rotatable bonds is 7. The molecule has 4 nitrogen and oxygen atoms in total. The van der Waals surface area contributed by atoms with E-state index in [4.69, 9.17) is 11.6 Å². The Morgan fingerprint density at radius 1 is 1.07 bits per heavy atom. The van der Waals surface area contributed by atoms with Gasteiger partial charge in [0.25, 0.3) is 0 Å². The Bertz CT molecular complexity index is 804. The van der Waals surface area contributed by atoms with Crippen LogP contribution in [0.25, 0.3) is 0 Å². The van der Waals surface area contributed by atoms with Gasteiger partial charge in [0.1, 0.15) is 6.04 Å². The van der Waals surface area contributed by atoms with Crippen molar-refractivity contribution >= 4 is 23.4 Å². The van der Waals surface area contributed by atoms with Gasteiger partial charge in [-0.1, -0.05) is 48.0 Å². The van der Waals surface area contributed by atoms with Crippen molar-refractivity contribution in [2.24, 2.45) is 0 Å². The highest BCUT2D eigenvalue weighted by Crippen LogP contribution is 2.17. The quantitative estimate of drug-likeness (QED) is 0.777. The molecular weight excluding hydrogens is 360 g/mol. The second-order valence-electron chi connectivity index (χ2n) is 7.09. The highest BCUT2D eigenvalue weighted by Gasteiger charge is 2.26. The van der Waals surface area contributed by atoms with Gasteiger partial charge in [0.05, 0.1) is 6.42 Å². The zero-order chi connectivity index (χ0) is 20.0. The Balaban J connectivity index is 2.26. The van der Waals surface area contributed by atoms with Crippen molar-refractivity contribution in [3.63, 3.8) is 0 Å². The molecule has 0 bridgehead atoms. The van der Waals surface area contributed by atoms with Gasteiger partial charge in [-0.15, -0.1) is 0 Å². The topological polar surface area (TPSA) is 49.4 Å². The summed E-state index contributed by atoms with van der Waals surface area (Å²) < 4.78 is 0. The van der Waals surface area contributed by atoms with E-state index in [2.05, 4.69) is 5.32 Å². The lowest BCUT2D eigenvalue weighted by atomic mass is 10.1. The van der Waals surface area contributed by atoms with Crippen LogP contribution < -0.4 is 5.32 Å². The number of hydrogen-bond donors (Lipinski definition) is 1. The Labute approximate surface area is 166 Å². The van der Waals surface area contributed by atoms with Gasteiger partial charge in [0.2, 0.25) is 11.8 Å². The fraction of sp³-hybridized carbons (Fsp3) is 0.364. The van der Waals surface area contributed by atoms with E-state index in [9.17, 15) is 9.59 Å². The molecule has 2 amide bonds. The molecule has 0 aliphatic rings. The summed E-state index contributed by atoms with van der Waals surface area (Å²) >= 11 is 6.04. The second kappa shape index (κ2) is 9.56. The van der Waals surface area contributed by atoms with E-state index in [0.29, 0.717) is 11.6 Å². The largest absolute Gasteiger partial charge is 0.352 e. The van der Waals surface area contributed by atoms with Crippen LogP contribution in [-0.2, 0) is 22.6 Å². The average molecular weight is 387 g/mol. The fourth-order valence-corrected chi connectivity index (χ4v) is 3.09. The molecule has 2 aromatic rings. The van der Waals surface area contributed by atoms with Gasteiger partial charge < -0.3 is 10.2 Å². The first-order valence-electron chi connectivity index (χ1n) is 9.16. The van der Waals surface area contributed by atoms with Crippen LogP contribution in [0.5, 0.6) is 0 Å². The monoisotopic (exact) mass is 386 g/mol. The van der Waals surface area contributed by atoms with Crippen LogP contribution >= 0.6 is 11.6 Å². The number of hydrogen-bond acceptors (Lipinski definition) is 2. The van der Waals surface area contributed by atoms with E-state index < -0.39 is 6.04 Å². The van der Waals surface area contributed by atoms with Crippen molar-refractivity contribution in [1.82, 2.24) is 10.2 Å². The minimum absolute atomic E-state index is 0.0169. The number of benzene rings is 2. The zero-order valence-electron chi connectivity index (χ0n) is 16.3. The Morgan fingerprint density at radius 2 is 1.78 bits per heavy atom. The van der Waals surface area contributed by atoms with Gasteiger partial charge in [-0.05, 0) is 56.5 Å². The summed E-state index contributed by atoms with van der Waals surface area (Å²) in [5.41, 5.74) is 2.95.